The van der Waals surface area contributed by atoms with Crippen LogP contribution >= 0.6 is 0 Å². The first-order chi connectivity index (χ1) is 8.48. The molecule has 1 aromatic heterocycles. The Balaban J connectivity index is 2.62. The zero-order chi connectivity index (χ0) is 13.6. The van der Waals surface area contributed by atoms with E-state index in [-0.39, 0.29) is 11.6 Å². The number of hydrogen-bond acceptors (Lipinski definition) is 3. The summed E-state index contributed by atoms with van der Waals surface area (Å²) >= 11 is 0. The Hall–Kier alpha value is -1.09. The van der Waals surface area contributed by atoms with Gasteiger partial charge in [0.2, 0.25) is 0 Å². The molecule has 1 N–H and O–H groups in total. The highest BCUT2D eigenvalue weighted by atomic mass is 16.5. The quantitative estimate of drug-likeness (QED) is 0.801. The van der Waals surface area contributed by atoms with E-state index in [1.807, 2.05) is 18.3 Å². The van der Waals surface area contributed by atoms with Crippen LogP contribution in [-0.4, -0.2) is 17.1 Å². The van der Waals surface area contributed by atoms with E-state index in [4.69, 9.17) is 4.74 Å². The minimum absolute atomic E-state index is 0.130. The second-order valence-electron chi connectivity index (χ2n) is 5.31. The molecule has 0 spiro atoms. The van der Waals surface area contributed by atoms with Crippen molar-refractivity contribution in [3.8, 4) is 5.75 Å². The molecule has 0 aromatic carbocycles. The van der Waals surface area contributed by atoms with E-state index in [1.54, 1.807) is 0 Å². The van der Waals surface area contributed by atoms with E-state index < -0.39 is 0 Å². The lowest BCUT2D eigenvalue weighted by molar-refractivity contribution is 0.105. The van der Waals surface area contributed by atoms with Gasteiger partial charge in [-0.15, -0.1) is 0 Å². The summed E-state index contributed by atoms with van der Waals surface area (Å²) in [4.78, 5) is 4.46. The third-order valence-corrected chi connectivity index (χ3v) is 3.15. The maximum absolute atomic E-state index is 5.88. The van der Waals surface area contributed by atoms with Crippen molar-refractivity contribution < 1.29 is 4.74 Å². The Morgan fingerprint density at radius 2 is 2.06 bits per heavy atom. The van der Waals surface area contributed by atoms with Crippen molar-refractivity contribution >= 4 is 0 Å². The monoisotopic (exact) mass is 250 g/mol. The summed E-state index contributed by atoms with van der Waals surface area (Å²) in [5.41, 5.74) is 0.931. The van der Waals surface area contributed by atoms with Gasteiger partial charge < -0.3 is 10.1 Å². The van der Waals surface area contributed by atoms with Crippen molar-refractivity contribution in [1.82, 2.24) is 10.3 Å². The topological polar surface area (TPSA) is 34.1 Å². The van der Waals surface area contributed by atoms with Crippen LogP contribution in [0.5, 0.6) is 5.75 Å². The van der Waals surface area contributed by atoms with Gasteiger partial charge in [0.1, 0.15) is 11.4 Å². The molecular weight excluding hydrogens is 224 g/mol. The maximum Gasteiger partial charge on any atom is 0.138 e. The molecule has 0 saturated heterocycles. The predicted molar refractivity (Wildman–Crippen MR) is 75.9 cm³/mol. The lowest BCUT2D eigenvalue weighted by Gasteiger charge is -2.24. The van der Waals surface area contributed by atoms with Gasteiger partial charge in [-0.25, -0.2) is 0 Å². The molecule has 0 saturated carbocycles. The fourth-order valence-electron chi connectivity index (χ4n) is 1.56. The molecule has 3 heteroatoms. The SMILES string of the molecule is CCCNC(C)c1ccc(OC(C)(C)CC)cn1. The first-order valence-electron chi connectivity index (χ1n) is 6.87. The molecule has 0 aliphatic carbocycles. The molecule has 18 heavy (non-hydrogen) atoms. The summed E-state index contributed by atoms with van der Waals surface area (Å²) < 4.78 is 5.88. The van der Waals surface area contributed by atoms with Crippen LogP contribution in [-0.2, 0) is 0 Å². The molecule has 1 unspecified atom stereocenters. The largest absolute Gasteiger partial charge is 0.486 e. The summed E-state index contributed by atoms with van der Waals surface area (Å²) in [6, 6.07) is 4.33. The van der Waals surface area contributed by atoms with E-state index in [0.29, 0.717) is 0 Å². The maximum atomic E-state index is 5.88. The summed E-state index contributed by atoms with van der Waals surface area (Å²) in [5, 5.41) is 3.42. The van der Waals surface area contributed by atoms with E-state index in [1.165, 1.54) is 0 Å². The molecule has 1 atom stereocenters. The van der Waals surface area contributed by atoms with Gasteiger partial charge in [0.15, 0.2) is 0 Å². The fraction of sp³-hybridized carbons (Fsp3) is 0.667. The van der Waals surface area contributed by atoms with E-state index in [0.717, 1.165) is 30.8 Å². The van der Waals surface area contributed by atoms with Crippen LogP contribution in [0.1, 0.15) is 59.2 Å². The normalized spacial score (nSPS) is 13.4. The smallest absolute Gasteiger partial charge is 0.138 e. The number of nitrogens with zero attached hydrogens (tertiary/aromatic N) is 1. The van der Waals surface area contributed by atoms with Gasteiger partial charge in [0, 0.05) is 6.04 Å². The van der Waals surface area contributed by atoms with Crippen LogP contribution in [0.15, 0.2) is 18.3 Å². The molecule has 0 aliphatic rings. The molecule has 0 radical (unpaired) electrons. The Morgan fingerprint density at radius 1 is 1.33 bits per heavy atom. The van der Waals surface area contributed by atoms with E-state index in [2.05, 4.69) is 44.9 Å². The van der Waals surface area contributed by atoms with Crippen molar-refractivity contribution in [3.63, 3.8) is 0 Å². The van der Waals surface area contributed by atoms with Crippen LogP contribution in [0.4, 0.5) is 0 Å². The van der Waals surface area contributed by atoms with Crippen LogP contribution in [0, 0.1) is 0 Å². The number of rotatable bonds is 7. The van der Waals surface area contributed by atoms with Gasteiger partial charge >= 0.3 is 0 Å². The lowest BCUT2D eigenvalue weighted by Crippen LogP contribution is -2.27. The molecular formula is C15H26N2O. The number of hydrogen-bond donors (Lipinski definition) is 1. The highest BCUT2D eigenvalue weighted by Gasteiger charge is 2.17. The molecule has 1 aromatic rings. The Kier molecular flexibility index (Phi) is 5.60. The zero-order valence-electron chi connectivity index (χ0n) is 12.3. The minimum Gasteiger partial charge on any atom is -0.486 e. The molecule has 0 fully saturated rings. The van der Waals surface area contributed by atoms with E-state index >= 15 is 0 Å². The van der Waals surface area contributed by atoms with E-state index in [9.17, 15) is 0 Å². The molecule has 0 aliphatic heterocycles. The zero-order valence-corrected chi connectivity index (χ0v) is 12.3. The highest BCUT2D eigenvalue weighted by Crippen LogP contribution is 2.21. The average molecular weight is 250 g/mol. The van der Waals surface area contributed by atoms with Crippen LogP contribution in [0.25, 0.3) is 0 Å². The summed E-state index contributed by atoms with van der Waals surface area (Å²) in [7, 11) is 0. The molecule has 1 heterocycles. The van der Waals surface area contributed by atoms with Crippen molar-refractivity contribution in [2.75, 3.05) is 6.54 Å². The second kappa shape index (κ2) is 6.74. The van der Waals surface area contributed by atoms with Crippen molar-refractivity contribution in [2.24, 2.45) is 0 Å². The van der Waals surface area contributed by atoms with Crippen molar-refractivity contribution in [3.05, 3.63) is 24.0 Å². The van der Waals surface area contributed by atoms with Crippen molar-refractivity contribution in [2.45, 2.75) is 59.1 Å². The summed E-state index contributed by atoms with van der Waals surface area (Å²) in [6.07, 6.45) is 3.93. The molecule has 1 rings (SSSR count). The average Bonchev–Trinajstić information content (AvgIpc) is 2.36. The van der Waals surface area contributed by atoms with Gasteiger partial charge in [-0.1, -0.05) is 13.8 Å². The van der Waals surface area contributed by atoms with Gasteiger partial charge in [0.05, 0.1) is 11.9 Å². The molecule has 102 valence electrons. The van der Waals surface area contributed by atoms with Crippen LogP contribution in [0.3, 0.4) is 0 Å². The van der Waals surface area contributed by atoms with Gasteiger partial charge in [-0.05, 0) is 52.3 Å². The standard InChI is InChI=1S/C15H26N2O/c1-6-10-16-12(3)14-9-8-13(11-17-14)18-15(4,5)7-2/h8-9,11-12,16H,6-7,10H2,1-5H3. The third-order valence-electron chi connectivity index (χ3n) is 3.15. The lowest BCUT2D eigenvalue weighted by atomic mass is 10.1. The first kappa shape index (κ1) is 15.0. The minimum atomic E-state index is -0.130. The van der Waals surface area contributed by atoms with Crippen LogP contribution in [0.2, 0.25) is 0 Å². The number of aromatic nitrogens is 1. The Bertz CT molecular complexity index is 346. The molecule has 0 bridgehead atoms. The summed E-state index contributed by atoms with van der Waals surface area (Å²) in [5.74, 6) is 0.841. The Labute approximate surface area is 111 Å². The summed E-state index contributed by atoms with van der Waals surface area (Å²) in [6.45, 7) is 11.6. The fourth-order valence-corrected chi connectivity index (χ4v) is 1.56. The third kappa shape index (κ3) is 4.65. The first-order valence-corrected chi connectivity index (χ1v) is 6.87. The van der Waals surface area contributed by atoms with Crippen molar-refractivity contribution in [1.29, 1.82) is 0 Å². The number of ether oxygens (including phenoxy) is 1. The number of nitrogens with one attached hydrogen (secondary N) is 1. The second-order valence-corrected chi connectivity index (χ2v) is 5.31. The van der Waals surface area contributed by atoms with Gasteiger partial charge in [0.25, 0.3) is 0 Å². The predicted octanol–water partition coefficient (Wildman–Crippen LogP) is 3.71. The Morgan fingerprint density at radius 3 is 2.56 bits per heavy atom. The van der Waals surface area contributed by atoms with Gasteiger partial charge in [-0.2, -0.15) is 0 Å². The highest BCUT2D eigenvalue weighted by molar-refractivity contribution is 5.22. The van der Waals surface area contributed by atoms with Gasteiger partial charge in [-0.3, -0.25) is 4.98 Å². The molecule has 3 nitrogen and oxygen atoms in total. The number of pyridine rings is 1. The van der Waals surface area contributed by atoms with Crippen LogP contribution < -0.4 is 10.1 Å². The molecule has 0 amide bonds.